The molecule has 0 saturated carbocycles. The minimum atomic E-state index is -0.230. The van der Waals surface area contributed by atoms with E-state index in [2.05, 4.69) is 9.88 Å². The number of nitrogens with one attached hydrogen (secondary N) is 1. The molecular formula is C21H33N3O4. The topological polar surface area (TPSA) is 74.9 Å². The summed E-state index contributed by atoms with van der Waals surface area (Å²) in [6.45, 7) is 7.72. The van der Waals surface area contributed by atoms with Gasteiger partial charge in [0.1, 0.15) is 0 Å². The third-order valence-electron chi connectivity index (χ3n) is 5.76. The summed E-state index contributed by atoms with van der Waals surface area (Å²) in [5.41, 5.74) is 0.947. The van der Waals surface area contributed by atoms with Crippen LogP contribution in [0.5, 0.6) is 0 Å². The van der Waals surface area contributed by atoms with Crippen LogP contribution in [0, 0.1) is 12.8 Å². The van der Waals surface area contributed by atoms with Crippen LogP contribution in [-0.4, -0.2) is 79.8 Å². The number of likely N-dealkylation sites (tertiary alicyclic amines) is 1. The Morgan fingerprint density at radius 2 is 2.07 bits per heavy atom. The maximum atomic E-state index is 13.2. The van der Waals surface area contributed by atoms with Crippen LogP contribution in [0.2, 0.25) is 0 Å². The first-order chi connectivity index (χ1) is 13.5. The minimum absolute atomic E-state index is 0.0634. The summed E-state index contributed by atoms with van der Waals surface area (Å²) in [4.78, 5) is 32.1. The van der Waals surface area contributed by atoms with Gasteiger partial charge in [-0.25, -0.2) is 0 Å². The Morgan fingerprint density at radius 1 is 1.29 bits per heavy atom. The Bertz CT molecular complexity index is 691. The molecule has 7 nitrogen and oxygen atoms in total. The fraction of sp³-hybridized carbons (Fsp3) is 0.714. The highest BCUT2D eigenvalue weighted by atomic mass is 16.5. The van der Waals surface area contributed by atoms with Crippen LogP contribution >= 0.6 is 0 Å². The number of methoxy groups -OCH3 is 1. The highest BCUT2D eigenvalue weighted by molar-refractivity contribution is 5.94. The second kappa shape index (κ2) is 10.2. The van der Waals surface area contributed by atoms with Crippen molar-refractivity contribution in [3.63, 3.8) is 0 Å². The standard InChI is InChI=1S/C21H33N3O4/c1-16-12-18(13-20(25)22-16)21(26)24(15-19-4-3-10-28-19)14-17-5-7-23(8-6-17)9-11-27-2/h12-13,17,19H,3-11,14-15H2,1-2H3,(H,22,25). The fourth-order valence-corrected chi connectivity index (χ4v) is 4.19. The van der Waals surface area contributed by atoms with Gasteiger partial charge in [0.05, 0.1) is 12.7 Å². The van der Waals surface area contributed by atoms with E-state index in [0.29, 0.717) is 23.7 Å². The molecule has 2 aliphatic rings. The quantitative estimate of drug-likeness (QED) is 0.730. The average molecular weight is 392 g/mol. The van der Waals surface area contributed by atoms with E-state index >= 15 is 0 Å². The highest BCUT2D eigenvalue weighted by Gasteiger charge is 2.28. The summed E-state index contributed by atoms with van der Waals surface area (Å²) in [6.07, 6.45) is 4.30. The number of amides is 1. The number of aromatic amines is 1. The normalized spacial score (nSPS) is 21.1. The van der Waals surface area contributed by atoms with E-state index in [1.54, 1.807) is 20.1 Å². The first-order valence-corrected chi connectivity index (χ1v) is 10.4. The first-order valence-electron chi connectivity index (χ1n) is 10.4. The summed E-state index contributed by atoms with van der Waals surface area (Å²) < 4.78 is 11.0. The molecule has 0 aliphatic carbocycles. The van der Waals surface area contributed by atoms with Gasteiger partial charge in [0, 0.05) is 50.7 Å². The zero-order valence-corrected chi connectivity index (χ0v) is 17.1. The second-order valence-electron chi connectivity index (χ2n) is 8.04. The van der Waals surface area contributed by atoms with Crippen molar-refractivity contribution in [1.29, 1.82) is 0 Å². The number of rotatable bonds is 8. The van der Waals surface area contributed by atoms with Crippen LogP contribution in [0.15, 0.2) is 16.9 Å². The molecular weight excluding hydrogens is 358 g/mol. The first kappa shape index (κ1) is 21.0. The lowest BCUT2D eigenvalue weighted by atomic mass is 9.95. The van der Waals surface area contributed by atoms with E-state index in [1.165, 1.54) is 6.07 Å². The zero-order chi connectivity index (χ0) is 19.9. The molecule has 0 bridgehead atoms. The lowest BCUT2D eigenvalue weighted by Gasteiger charge is -2.35. The van der Waals surface area contributed by atoms with Crippen molar-refractivity contribution in [2.75, 3.05) is 53.0 Å². The summed E-state index contributed by atoms with van der Waals surface area (Å²) in [7, 11) is 1.73. The molecule has 1 atom stereocenters. The van der Waals surface area contributed by atoms with E-state index in [9.17, 15) is 9.59 Å². The molecule has 1 N–H and O–H groups in total. The van der Waals surface area contributed by atoms with Gasteiger partial charge < -0.3 is 24.3 Å². The Hall–Kier alpha value is -1.70. The van der Waals surface area contributed by atoms with E-state index in [0.717, 1.165) is 65.1 Å². The van der Waals surface area contributed by atoms with Gasteiger partial charge in [-0.3, -0.25) is 9.59 Å². The zero-order valence-electron chi connectivity index (χ0n) is 17.1. The number of ether oxygens (including phenoxy) is 2. The molecule has 0 spiro atoms. The van der Waals surface area contributed by atoms with Crippen molar-refractivity contribution in [2.24, 2.45) is 5.92 Å². The van der Waals surface area contributed by atoms with Crippen molar-refractivity contribution in [3.05, 3.63) is 33.7 Å². The number of hydrogen-bond donors (Lipinski definition) is 1. The molecule has 3 heterocycles. The van der Waals surface area contributed by atoms with Crippen molar-refractivity contribution in [3.8, 4) is 0 Å². The number of carbonyl (C=O) groups excluding carboxylic acids is 1. The molecule has 28 heavy (non-hydrogen) atoms. The third-order valence-corrected chi connectivity index (χ3v) is 5.76. The van der Waals surface area contributed by atoms with Gasteiger partial charge >= 0.3 is 0 Å². The summed E-state index contributed by atoms with van der Waals surface area (Å²) >= 11 is 0. The lowest BCUT2D eigenvalue weighted by Crippen LogP contribution is -2.44. The number of nitrogens with zero attached hydrogens (tertiary/aromatic N) is 2. The molecule has 7 heteroatoms. The van der Waals surface area contributed by atoms with Gasteiger partial charge in [-0.05, 0) is 57.7 Å². The van der Waals surface area contributed by atoms with Gasteiger partial charge in [-0.15, -0.1) is 0 Å². The van der Waals surface area contributed by atoms with Crippen LogP contribution in [0.1, 0.15) is 41.7 Å². The average Bonchev–Trinajstić information content (AvgIpc) is 3.18. The van der Waals surface area contributed by atoms with Crippen molar-refractivity contribution in [1.82, 2.24) is 14.8 Å². The van der Waals surface area contributed by atoms with Crippen LogP contribution < -0.4 is 5.56 Å². The molecule has 0 radical (unpaired) electrons. The largest absolute Gasteiger partial charge is 0.383 e. The van der Waals surface area contributed by atoms with E-state index < -0.39 is 0 Å². The molecule has 1 aromatic rings. The molecule has 2 fully saturated rings. The molecule has 1 amide bonds. The molecule has 2 aliphatic heterocycles. The van der Waals surface area contributed by atoms with Gasteiger partial charge in [0.15, 0.2) is 0 Å². The highest BCUT2D eigenvalue weighted by Crippen LogP contribution is 2.21. The fourth-order valence-electron chi connectivity index (χ4n) is 4.19. The van der Waals surface area contributed by atoms with Crippen molar-refractivity contribution >= 4 is 5.91 Å². The lowest BCUT2D eigenvalue weighted by molar-refractivity contribution is 0.0436. The minimum Gasteiger partial charge on any atom is -0.383 e. The van der Waals surface area contributed by atoms with Crippen molar-refractivity contribution < 1.29 is 14.3 Å². The number of piperidine rings is 1. The maximum Gasteiger partial charge on any atom is 0.254 e. The Labute approximate surface area is 167 Å². The van der Waals surface area contributed by atoms with E-state index in [4.69, 9.17) is 9.47 Å². The number of H-pyrrole nitrogens is 1. The smallest absolute Gasteiger partial charge is 0.254 e. The molecule has 1 unspecified atom stereocenters. The van der Waals surface area contributed by atoms with Gasteiger partial charge in [-0.1, -0.05) is 0 Å². The summed E-state index contributed by atoms with van der Waals surface area (Å²) in [6, 6.07) is 3.17. The van der Waals surface area contributed by atoms with Gasteiger partial charge in [-0.2, -0.15) is 0 Å². The number of aryl methyl sites for hydroxylation is 1. The number of aromatic nitrogens is 1. The predicted molar refractivity (Wildman–Crippen MR) is 108 cm³/mol. The molecule has 2 saturated heterocycles. The Balaban J connectivity index is 1.65. The van der Waals surface area contributed by atoms with Crippen molar-refractivity contribution in [2.45, 2.75) is 38.7 Å². The van der Waals surface area contributed by atoms with Crippen LogP contribution in [-0.2, 0) is 9.47 Å². The van der Waals surface area contributed by atoms with E-state index in [1.807, 2.05) is 4.90 Å². The van der Waals surface area contributed by atoms with Crippen LogP contribution in [0.4, 0.5) is 0 Å². The van der Waals surface area contributed by atoms with Gasteiger partial charge in [0.25, 0.3) is 5.91 Å². The van der Waals surface area contributed by atoms with Gasteiger partial charge in [0.2, 0.25) is 5.56 Å². The number of hydrogen-bond acceptors (Lipinski definition) is 5. The SMILES string of the molecule is COCCN1CCC(CN(CC2CCCO2)C(=O)c2cc(C)[nH]c(=O)c2)CC1. The molecule has 0 aromatic carbocycles. The molecule has 1 aromatic heterocycles. The Kier molecular flexibility index (Phi) is 7.65. The number of pyridine rings is 1. The number of carbonyl (C=O) groups is 1. The van der Waals surface area contributed by atoms with Crippen LogP contribution in [0.3, 0.4) is 0 Å². The van der Waals surface area contributed by atoms with Crippen LogP contribution in [0.25, 0.3) is 0 Å². The third kappa shape index (κ3) is 5.90. The monoisotopic (exact) mass is 391 g/mol. The van der Waals surface area contributed by atoms with E-state index in [-0.39, 0.29) is 17.6 Å². The maximum absolute atomic E-state index is 13.2. The Morgan fingerprint density at radius 3 is 2.71 bits per heavy atom. The second-order valence-corrected chi connectivity index (χ2v) is 8.04. The molecule has 156 valence electrons. The summed E-state index contributed by atoms with van der Waals surface area (Å²) in [5.74, 6) is 0.416. The summed E-state index contributed by atoms with van der Waals surface area (Å²) in [5, 5.41) is 0. The predicted octanol–water partition coefficient (Wildman–Crippen LogP) is 1.66. The molecule has 3 rings (SSSR count).